The highest BCUT2D eigenvalue weighted by Gasteiger charge is 2.35. The third kappa shape index (κ3) is 4.65. The van der Waals surface area contributed by atoms with Crippen molar-refractivity contribution in [2.75, 3.05) is 18.4 Å². The average molecular weight is 499 g/mol. The lowest BCUT2D eigenvalue weighted by Crippen LogP contribution is -2.37. The van der Waals surface area contributed by atoms with E-state index in [1.54, 1.807) is 37.2 Å². The van der Waals surface area contributed by atoms with Crippen molar-refractivity contribution in [3.05, 3.63) is 60.0 Å². The number of rotatable bonds is 4. The van der Waals surface area contributed by atoms with Crippen LogP contribution < -0.4 is 5.32 Å². The first kappa shape index (κ1) is 23.9. The van der Waals surface area contributed by atoms with Gasteiger partial charge in [-0.15, -0.1) is 0 Å². The van der Waals surface area contributed by atoms with Crippen LogP contribution in [0.4, 0.5) is 9.93 Å². The molecule has 2 aromatic carbocycles. The number of aromatic nitrogens is 3. The molecule has 4 aromatic rings. The third-order valence-electron chi connectivity index (χ3n) is 6.68. The van der Waals surface area contributed by atoms with Gasteiger partial charge in [-0.05, 0) is 57.0 Å². The number of aliphatic hydroxyl groups is 1. The minimum atomic E-state index is -0.833. The smallest absolute Gasteiger partial charge is 0.323 e. The summed E-state index contributed by atoms with van der Waals surface area (Å²) in [7, 11) is 0. The van der Waals surface area contributed by atoms with Gasteiger partial charge in [-0.1, -0.05) is 29.5 Å². The summed E-state index contributed by atoms with van der Waals surface area (Å²) in [5.74, 6) is 0.0300. The van der Waals surface area contributed by atoms with Gasteiger partial charge in [-0.2, -0.15) is 5.26 Å². The summed E-state index contributed by atoms with van der Waals surface area (Å²) in [6, 6.07) is 15.2. The normalized spacial score (nSPS) is 15.8. The topological polar surface area (TPSA) is 115 Å². The number of fused-ring (bicyclic) bond motifs is 1. The molecule has 1 saturated heterocycles. The molecule has 2 amide bonds. The first-order chi connectivity index (χ1) is 17.2. The van der Waals surface area contributed by atoms with Crippen LogP contribution in [0, 0.1) is 24.2 Å². The highest BCUT2D eigenvalue weighted by molar-refractivity contribution is 7.19. The lowest BCUT2D eigenvalue weighted by molar-refractivity contribution is 0.0227. The number of carbonyl (C=O) groups excluding carboxylic acids is 1. The first-order valence-electron chi connectivity index (χ1n) is 11.7. The zero-order valence-corrected chi connectivity index (χ0v) is 21.1. The van der Waals surface area contributed by atoms with E-state index in [0.29, 0.717) is 29.5 Å². The van der Waals surface area contributed by atoms with Crippen LogP contribution >= 0.6 is 11.3 Å². The first-order valence-corrected chi connectivity index (χ1v) is 12.6. The molecule has 182 valence electrons. The molecule has 0 saturated carbocycles. The molecule has 0 spiro atoms. The number of hydrogen-bond acceptors (Lipinski definition) is 7. The number of carbonyl (C=O) groups is 1. The van der Waals surface area contributed by atoms with Crippen molar-refractivity contribution in [3.63, 3.8) is 0 Å². The Hall–Kier alpha value is -3.87. The maximum absolute atomic E-state index is 13.0. The van der Waals surface area contributed by atoms with E-state index in [2.05, 4.69) is 21.4 Å². The molecule has 2 N–H and O–H groups in total. The highest BCUT2D eigenvalue weighted by atomic mass is 32.1. The number of urea groups is 1. The quantitative estimate of drug-likeness (QED) is 0.398. The van der Waals surface area contributed by atoms with Crippen LogP contribution in [0.25, 0.3) is 32.6 Å². The van der Waals surface area contributed by atoms with E-state index in [4.69, 9.17) is 4.98 Å². The Morgan fingerprint density at radius 1 is 1.22 bits per heavy atom. The Morgan fingerprint density at radius 3 is 2.81 bits per heavy atom. The van der Waals surface area contributed by atoms with Gasteiger partial charge in [0.15, 0.2) is 5.13 Å². The van der Waals surface area contributed by atoms with Gasteiger partial charge < -0.3 is 10.0 Å². The fraction of sp³-hybridized carbons (Fsp3) is 0.296. The number of benzene rings is 2. The Kier molecular flexibility index (Phi) is 6.16. The minimum Gasteiger partial charge on any atom is -0.390 e. The predicted molar refractivity (Wildman–Crippen MR) is 141 cm³/mol. The molecule has 0 aliphatic carbocycles. The summed E-state index contributed by atoms with van der Waals surface area (Å²) in [6.45, 7) is 6.59. The second-order valence-electron chi connectivity index (χ2n) is 9.60. The molecule has 1 aliphatic rings. The molecular weight excluding hydrogens is 472 g/mol. The molecule has 0 radical (unpaired) electrons. The molecule has 8 nitrogen and oxygen atoms in total. The molecule has 0 unspecified atom stereocenters. The van der Waals surface area contributed by atoms with Gasteiger partial charge in [0.25, 0.3) is 0 Å². The number of likely N-dealkylation sites (tertiary alicyclic amines) is 1. The molecular formula is C27H26N6O2S. The van der Waals surface area contributed by atoms with Crippen LogP contribution in [0.1, 0.15) is 31.5 Å². The van der Waals surface area contributed by atoms with E-state index in [9.17, 15) is 15.2 Å². The molecule has 1 fully saturated rings. The van der Waals surface area contributed by atoms with Crippen LogP contribution in [0.5, 0.6) is 0 Å². The number of amides is 2. The summed E-state index contributed by atoms with van der Waals surface area (Å²) < 4.78 is 0. The highest BCUT2D eigenvalue weighted by Crippen LogP contribution is 2.40. The van der Waals surface area contributed by atoms with Gasteiger partial charge in [-0.25, -0.2) is 19.7 Å². The van der Waals surface area contributed by atoms with Gasteiger partial charge in [0.1, 0.15) is 6.33 Å². The third-order valence-corrected chi connectivity index (χ3v) is 7.70. The van der Waals surface area contributed by atoms with Gasteiger partial charge in [0, 0.05) is 35.7 Å². The van der Waals surface area contributed by atoms with Crippen LogP contribution in [-0.2, 0) is 0 Å². The lowest BCUT2D eigenvalue weighted by atomic mass is 9.91. The minimum absolute atomic E-state index is 0.0300. The molecule has 3 heterocycles. The predicted octanol–water partition coefficient (Wildman–Crippen LogP) is 5.23. The maximum atomic E-state index is 13.0. The summed E-state index contributed by atoms with van der Waals surface area (Å²) in [5, 5.41) is 24.1. The summed E-state index contributed by atoms with van der Waals surface area (Å²) in [5.41, 5.74) is 3.85. The van der Waals surface area contributed by atoms with Gasteiger partial charge in [0.05, 0.1) is 33.3 Å². The second-order valence-corrected chi connectivity index (χ2v) is 10.6. The Bertz CT molecular complexity index is 1500. The fourth-order valence-corrected chi connectivity index (χ4v) is 5.49. The Balaban J connectivity index is 1.52. The van der Waals surface area contributed by atoms with Crippen molar-refractivity contribution in [1.29, 1.82) is 5.26 Å². The zero-order valence-electron chi connectivity index (χ0n) is 20.3. The number of nitrogens with one attached hydrogen (secondary N) is 1. The Morgan fingerprint density at radius 2 is 2.06 bits per heavy atom. The summed E-state index contributed by atoms with van der Waals surface area (Å²) >= 11 is 1.39. The number of hydrogen-bond donors (Lipinski definition) is 2. The number of anilines is 1. The van der Waals surface area contributed by atoms with Crippen molar-refractivity contribution in [1.82, 2.24) is 19.9 Å². The van der Waals surface area contributed by atoms with Gasteiger partial charge in [0.2, 0.25) is 0 Å². The van der Waals surface area contributed by atoms with Crippen LogP contribution in [-0.4, -0.2) is 49.7 Å². The van der Waals surface area contributed by atoms with E-state index >= 15 is 0 Å². The van der Waals surface area contributed by atoms with E-state index in [0.717, 1.165) is 39.0 Å². The SMILES string of the molecule is Cc1ncnc2ccc(-c3sc(NC(=O)N4CC[C@@H](C(C)(C)O)C4)nc3-c3cccc(C#N)c3)cc12. The summed E-state index contributed by atoms with van der Waals surface area (Å²) in [4.78, 5) is 29.1. The number of nitriles is 1. The zero-order chi connectivity index (χ0) is 25.4. The summed E-state index contributed by atoms with van der Waals surface area (Å²) in [6.07, 6.45) is 2.31. The molecule has 9 heteroatoms. The molecule has 36 heavy (non-hydrogen) atoms. The van der Waals surface area contributed by atoms with Crippen LogP contribution in [0.2, 0.25) is 0 Å². The van der Waals surface area contributed by atoms with Gasteiger partial charge in [-0.3, -0.25) is 5.32 Å². The van der Waals surface area contributed by atoms with Crippen molar-refractivity contribution >= 4 is 33.4 Å². The standard InChI is InChI=1S/C27H26N6O2S/c1-16-21-12-19(7-8-22(21)30-15-29-16)24-23(18-6-4-5-17(11-18)13-28)31-25(36-24)32-26(34)33-10-9-20(14-33)27(2,3)35/h4-8,11-12,15,20,35H,9-10,14H2,1-3H3,(H,31,32,34)/t20-/m1/s1. The van der Waals surface area contributed by atoms with E-state index in [1.807, 2.05) is 37.3 Å². The van der Waals surface area contributed by atoms with E-state index < -0.39 is 5.60 Å². The maximum Gasteiger partial charge on any atom is 0.323 e. The van der Waals surface area contributed by atoms with Crippen LogP contribution in [0.15, 0.2) is 48.8 Å². The lowest BCUT2D eigenvalue weighted by Gasteiger charge is -2.25. The second kappa shape index (κ2) is 9.30. The molecule has 2 aromatic heterocycles. The molecule has 5 rings (SSSR count). The number of nitrogens with zero attached hydrogens (tertiary/aromatic N) is 5. The molecule has 1 aliphatic heterocycles. The van der Waals surface area contributed by atoms with Crippen molar-refractivity contribution in [2.24, 2.45) is 5.92 Å². The monoisotopic (exact) mass is 498 g/mol. The van der Waals surface area contributed by atoms with E-state index in [-0.39, 0.29) is 11.9 Å². The number of thiazole rings is 1. The van der Waals surface area contributed by atoms with E-state index in [1.165, 1.54) is 11.3 Å². The van der Waals surface area contributed by atoms with Crippen molar-refractivity contribution in [2.45, 2.75) is 32.8 Å². The molecule has 1 atom stereocenters. The Labute approximate surface area is 213 Å². The van der Waals surface area contributed by atoms with Gasteiger partial charge >= 0.3 is 6.03 Å². The fourth-order valence-electron chi connectivity index (χ4n) is 4.52. The number of aryl methyl sites for hydroxylation is 1. The van der Waals surface area contributed by atoms with Crippen LogP contribution in [0.3, 0.4) is 0 Å². The average Bonchev–Trinajstić information content (AvgIpc) is 3.52. The molecule has 0 bridgehead atoms. The van der Waals surface area contributed by atoms with Crippen molar-refractivity contribution in [3.8, 4) is 27.8 Å². The largest absolute Gasteiger partial charge is 0.390 e. The van der Waals surface area contributed by atoms with Crippen molar-refractivity contribution < 1.29 is 9.90 Å².